The number of nitrogens with zero attached hydrogens (tertiary/aromatic N) is 2. The highest BCUT2D eigenvalue weighted by Crippen LogP contribution is 2.45. The average molecular weight is 688 g/mol. The molecule has 1 fully saturated rings. The van der Waals surface area contributed by atoms with Crippen molar-refractivity contribution in [2.45, 2.75) is 77.9 Å². The number of anilines is 1. The van der Waals surface area contributed by atoms with Gasteiger partial charge in [0.1, 0.15) is 16.7 Å². The SMILES string of the molecule is CC.CCCc1cc(Cl)ccc1C1COc2ccc3cc2N(C1)CC1CCC1C(CSN(C)C)/C=C/CC(C)C(C)S(=O)NC3=O. The second-order valence-electron chi connectivity index (χ2n) is 13.0. The summed E-state index contributed by atoms with van der Waals surface area (Å²) >= 11 is 8.33. The highest BCUT2D eigenvalue weighted by Gasteiger charge is 2.39. The molecule has 6 nitrogen and oxygen atoms in total. The summed E-state index contributed by atoms with van der Waals surface area (Å²) in [5.41, 5.74) is 4.04. The molecule has 1 aliphatic carbocycles. The summed E-state index contributed by atoms with van der Waals surface area (Å²) in [6.45, 7) is 12.6. The molecule has 5 rings (SSSR count). The average Bonchev–Trinajstić information content (AvgIpc) is 3.21. The number of benzene rings is 2. The zero-order valence-corrected chi connectivity index (χ0v) is 31.1. The lowest BCUT2D eigenvalue weighted by molar-refractivity contribution is 0.0982. The van der Waals surface area contributed by atoms with E-state index >= 15 is 0 Å². The summed E-state index contributed by atoms with van der Waals surface area (Å²) in [7, 11) is 2.74. The first-order chi connectivity index (χ1) is 22.1. The Bertz CT molecular complexity index is 1370. The molecule has 2 aliphatic heterocycles. The number of fused-ring (bicyclic) bond motifs is 2. The maximum absolute atomic E-state index is 13.4. The number of rotatable bonds is 6. The molecule has 7 atom stereocenters. The second-order valence-corrected chi connectivity index (χ2v) is 16.3. The fraction of sp³-hybridized carbons (Fsp3) is 0.595. The quantitative estimate of drug-likeness (QED) is 0.243. The van der Waals surface area contributed by atoms with Gasteiger partial charge in [0.15, 0.2) is 0 Å². The van der Waals surface area contributed by atoms with Gasteiger partial charge in [0.25, 0.3) is 5.91 Å². The molecule has 0 aromatic heterocycles. The normalized spacial score (nSPS) is 28.8. The molecule has 1 N–H and O–H groups in total. The lowest BCUT2D eigenvalue weighted by atomic mass is 9.67. The molecule has 254 valence electrons. The summed E-state index contributed by atoms with van der Waals surface area (Å²) in [5.74, 6) is 3.50. The van der Waals surface area contributed by atoms with Crippen LogP contribution >= 0.6 is 23.5 Å². The van der Waals surface area contributed by atoms with Crippen LogP contribution in [-0.4, -0.2) is 59.2 Å². The zero-order valence-electron chi connectivity index (χ0n) is 28.8. The van der Waals surface area contributed by atoms with Gasteiger partial charge < -0.3 is 9.64 Å². The van der Waals surface area contributed by atoms with Crippen LogP contribution in [0.5, 0.6) is 5.75 Å². The third kappa shape index (κ3) is 9.12. The third-order valence-electron chi connectivity index (χ3n) is 9.74. The molecule has 1 saturated carbocycles. The van der Waals surface area contributed by atoms with Crippen molar-refractivity contribution >= 4 is 46.1 Å². The summed E-state index contributed by atoms with van der Waals surface area (Å²) in [6, 6.07) is 12.0. The van der Waals surface area contributed by atoms with Gasteiger partial charge in [-0.25, -0.2) is 4.21 Å². The molecular formula is C37H54ClN3O3S2. The molecule has 0 spiro atoms. The number of carbonyl (C=O) groups is 1. The Balaban J connectivity index is 0.00000235. The summed E-state index contributed by atoms with van der Waals surface area (Å²) < 4.78 is 24.7. The first-order valence-corrected chi connectivity index (χ1v) is 19.7. The van der Waals surface area contributed by atoms with Crippen LogP contribution in [0, 0.1) is 23.7 Å². The van der Waals surface area contributed by atoms with E-state index < -0.39 is 11.0 Å². The van der Waals surface area contributed by atoms with Gasteiger partial charge in [0.05, 0.1) is 17.5 Å². The van der Waals surface area contributed by atoms with Gasteiger partial charge >= 0.3 is 0 Å². The number of allylic oxidation sites excluding steroid dienone is 2. The number of hydrogen-bond donors (Lipinski definition) is 1. The van der Waals surface area contributed by atoms with Crippen LogP contribution in [0.25, 0.3) is 0 Å². The van der Waals surface area contributed by atoms with E-state index in [1.165, 1.54) is 24.0 Å². The molecule has 3 aliphatic rings. The number of carbonyl (C=O) groups excluding carboxylic acids is 1. The van der Waals surface area contributed by atoms with Crippen molar-refractivity contribution in [1.29, 1.82) is 0 Å². The van der Waals surface area contributed by atoms with E-state index in [1.807, 2.05) is 50.9 Å². The van der Waals surface area contributed by atoms with Crippen LogP contribution in [-0.2, 0) is 17.4 Å². The van der Waals surface area contributed by atoms with Gasteiger partial charge in [-0.15, -0.1) is 0 Å². The largest absolute Gasteiger partial charge is 0.491 e. The van der Waals surface area contributed by atoms with E-state index in [9.17, 15) is 9.00 Å². The summed E-state index contributed by atoms with van der Waals surface area (Å²) in [4.78, 5) is 15.8. The molecular weight excluding hydrogens is 634 g/mol. The Morgan fingerprint density at radius 1 is 1.11 bits per heavy atom. The van der Waals surface area contributed by atoms with Crippen LogP contribution < -0.4 is 14.4 Å². The molecule has 2 heterocycles. The van der Waals surface area contributed by atoms with Gasteiger partial charge in [-0.3, -0.25) is 13.8 Å². The number of aryl methyl sites for hydroxylation is 1. The minimum absolute atomic E-state index is 0.164. The van der Waals surface area contributed by atoms with Crippen molar-refractivity contribution in [3.05, 3.63) is 70.3 Å². The van der Waals surface area contributed by atoms with E-state index in [2.05, 4.69) is 66.2 Å². The van der Waals surface area contributed by atoms with Crippen molar-refractivity contribution in [3.8, 4) is 5.75 Å². The summed E-state index contributed by atoms with van der Waals surface area (Å²) in [5, 5.41) is 0.601. The van der Waals surface area contributed by atoms with Crippen molar-refractivity contribution < 1.29 is 13.7 Å². The van der Waals surface area contributed by atoms with Crippen LogP contribution in [0.2, 0.25) is 5.02 Å². The number of hydrogen-bond acceptors (Lipinski definition) is 6. The Hall–Kier alpha value is -2.00. The van der Waals surface area contributed by atoms with Gasteiger partial charge in [-0.2, -0.15) is 0 Å². The van der Waals surface area contributed by atoms with Crippen molar-refractivity contribution in [3.63, 3.8) is 0 Å². The van der Waals surface area contributed by atoms with E-state index in [1.54, 1.807) is 6.07 Å². The first kappa shape index (κ1) is 36.8. The van der Waals surface area contributed by atoms with Crippen LogP contribution in [0.15, 0.2) is 48.6 Å². The van der Waals surface area contributed by atoms with Crippen molar-refractivity contribution in [2.75, 3.05) is 44.4 Å². The molecule has 9 heteroatoms. The Kier molecular flexibility index (Phi) is 13.9. The molecule has 1 amide bonds. The van der Waals surface area contributed by atoms with E-state index in [4.69, 9.17) is 16.3 Å². The number of amides is 1. The first-order valence-electron chi connectivity index (χ1n) is 17.1. The maximum atomic E-state index is 13.4. The molecule has 0 saturated heterocycles. The minimum Gasteiger partial charge on any atom is -0.491 e. The Morgan fingerprint density at radius 3 is 2.59 bits per heavy atom. The number of ether oxygens (including phenoxy) is 1. The highest BCUT2D eigenvalue weighted by molar-refractivity contribution is 7.96. The van der Waals surface area contributed by atoms with Gasteiger partial charge in [-0.05, 0) is 112 Å². The predicted molar refractivity (Wildman–Crippen MR) is 198 cm³/mol. The van der Waals surface area contributed by atoms with Crippen LogP contribution in [0.3, 0.4) is 0 Å². The van der Waals surface area contributed by atoms with Crippen LogP contribution in [0.4, 0.5) is 5.69 Å². The van der Waals surface area contributed by atoms with E-state index in [-0.39, 0.29) is 23.0 Å². The molecule has 7 unspecified atom stereocenters. The molecule has 2 bridgehead atoms. The lowest BCUT2D eigenvalue weighted by Gasteiger charge is -2.44. The smallest absolute Gasteiger partial charge is 0.263 e. The standard InChI is InChI=1S/C35H48ClN3O3S2.C2H6/c1-6-8-25-17-30(36)13-15-31(25)29-20-39-19-27-11-14-32(27)28(22-43-38(4)5)10-7-9-23(2)24(3)44(41)37-35(40)26-12-16-34(42-21-29)33(39)18-26;1-2/h7,10,12-13,15-18,23-24,27-29,32H,6,8-9,11,14,19-22H2,1-5H3,(H,37,40);1-2H3/b10-7+;. The fourth-order valence-electron chi connectivity index (χ4n) is 6.79. The molecule has 2 aromatic carbocycles. The Labute approximate surface area is 289 Å². The Morgan fingerprint density at radius 2 is 1.89 bits per heavy atom. The fourth-order valence-corrected chi connectivity index (χ4v) is 8.84. The molecule has 46 heavy (non-hydrogen) atoms. The number of halogens is 1. The minimum atomic E-state index is -1.49. The zero-order chi connectivity index (χ0) is 33.4. The van der Waals surface area contributed by atoms with Crippen molar-refractivity contribution in [2.24, 2.45) is 23.7 Å². The predicted octanol–water partition coefficient (Wildman–Crippen LogP) is 8.53. The highest BCUT2D eigenvalue weighted by atomic mass is 35.5. The molecule has 0 radical (unpaired) electrons. The van der Waals surface area contributed by atoms with Gasteiger partial charge in [0, 0.05) is 35.3 Å². The van der Waals surface area contributed by atoms with Gasteiger partial charge in [-0.1, -0.05) is 75.9 Å². The van der Waals surface area contributed by atoms with Gasteiger partial charge in [0.2, 0.25) is 0 Å². The van der Waals surface area contributed by atoms with E-state index in [0.29, 0.717) is 29.9 Å². The second kappa shape index (κ2) is 17.4. The lowest BCUT2D eigenvalue weighted by Crippen LogP contribution is -2.43. The number of nitrogens with one attached hydrogen (secondary N) is 1. The monoisotopic (exact) mass is 687 g/mol. The molecule has 2 aromatic rings. The topological polar surface area (TPSA) is 61.9 Å². The summed E-state index contributed by atoms with van der Waals surface area (Å²) in [6.07, 6.45) is 10.0. The van der Waals surface area contributed by atoms with Crippen LogP contribution in [0.1, 0.15) is 87.7 Å². The van der Waals surface area contributed by atoms with E-state index in [0.717, 1.165) is 54.6 Å². The maximum Gasteiger partial charge on any atom is 0.263 e. The van der Waals surface area contributed by atoms with Crippen molar-refractivity contribution in [1.82, 2.24) is 9.03 Å². The third-order valence-corrected chi connectivity index (χ3v) is 12.5.